The number of thiophene rings is 1. The number of nitrogens with one attached hydrogen (secondary N) is 3. The summed E-state index contributed by atoms with van der Waals surface area (Å²) < 4.78 is 5.66. The molecule has 3 N–H and O–H groups in total. The van der Waals surface area contributed by atoms with E-state index >= 15 is 0 Å². The van der Waals surface area contributed by atoms with Crippen molar-refractivity contribution in [2.75, 3.05) is 6.54 Å². The van der Waals surface area contributed by atoms with Crippen LogP contribution in [0.15, 0.2) is 60.7 Å². The highest BCUT2D eigenvalue weighted by Crippen LogP contribution is 2.17. The average molecular weight is 458 g/mol. The lowest BCUT2D eigenvalue weighted by Gasteiger charge is -2.09. The predicted molar refractivity (Wildman–Crippen MR) is 119 cm³/mol. The van der Waals surface area contributed by atoms with Crippen LogP contribution in [-0.4, -0.2) is 24.3 Å². The van der Waals surface area contributed by atoms with Gasteiger partial charge in [0.25, 0.3) is 17.7 Å². The maximum Gasteiger partial charge on any atom is 0.269 e. The summed E-state index contributed by atoms with van der Waals surface area (Å²) in [5, 5.41) is 3.13. The zero-order valence-electron chi connectivity index (χ0n) is 16.6. The zero-order valence-corrected chi connectivity index (χ0v) is 18.2. The molecule has 3 amide bonds. The Morgan fingerprint density at radius 2 is 1.61 bits per heavy atom. The van der Waals surface area contributed by atoms with Crippen molar-refractivity contribution < 1.29 is 19.1 Å². The molecular formula is C22H20ClN3O4S. The third kappa shape index (κ3) is 6.84. The Balaban J connectivity index is 1.41. The van der Waals surface area contributed by atoms with Gasteiger partial charge in [-0.15, -0.1) is 11.3 Å². The Labute approximate surface area is 188 Å². The molecule has 0 spiro atoms. The largest absolute Gasteiger partial charge is 0.489 e. The monoisotopic (exact) mass is 457 g/mol. The summed E-state index contributed by atoms with van der Waals surface area (Å²) in [6.07, 6.45) is 0. The number of carbonyl (C=O) groups is 3. The van der Waals surface area contributed by atoms with Crippen molar-refractivity contribution in [1.82, 2.24) is 16.2 Å². The minimum Gasteiger partial charge on any atom is -0.489 e. The fourth-order valence-electron chi connectivity index (χ4n) is 2.50. The van der Waals surface area contributed by atoms with Gasteiger partial charge in [0.2, 0.25) is 0 Å². The Bertz CT molecular complexity index is 1070. The SMILES string of the molecule is Cc1ccc(C(=O)NCC(=O)NNC(=O)c2ccc(COc3ccc(Cl)cc3)cc2)s1. The highest BCUT2D eigenvalue weighted by Gasteiger charge is 2.11. The number of hydrazine groups is 1. The summed E-state index contributed by atoms with van der Waals surface area (Å²) in [5.74, 6) is -0.659. The van der Waals surface area contributed by atoms with E-state index in [2.05, 4.69) is 16.2 Å². The normalized spacial score (nSPS) is 10.3. The van der Waals surface area contributed by atoms with E-state index in [1.165, 1.54) is 11.3 Å². The predicted octanol–water partition coefficient (Wildman–Crippen LogP) is 3.48. The Hall–Kier alpha value is -3.36. The molecule has 0 aliphatic rings. The Morgan fingerprint density at radius 3 is 2.26 bits per heavy atom. The average Bonchev–Trinajstić information content (AvgIpc) is 3.22. The van der Waals surface area contributed by atoms with Gasteiger partial charge in [0.1, 0.15) is 12.4 Å². The van der Waals surface area contributed by atoms with Crippen LogP contribution in [0.4, 0.5) is 0 Å². The minimum absolute atomic E-state index is 0.253. The van der Waals surface area contributed by atoms with Crippen molar-refractivity contribution in [2.24, 2.45) is 0 Å². The lowest BCUT2D eigenvalue weighted by atomic mass is 10.1. The molecule has 0 unspecified atom stereocenters. The summed E-state index contributed by atoms with van der Waals surface area (Å²) in [6, 6.07) is 17.3. The number of amides is 3. The molecule has 0 saturated carbocycles. The second kappa shape index (κ2) is 10.6. The van der Waals surface area contributed by atoms with E-state index in [0.29, 0.717) is 27.8 Å². The van der Waals surface area contributed by atoms with Crippen LogP contribution in [-0.2, 0) is 11.4 Å². The van der Waals surface area contributed by atoms with Crippen molar-refractivity contribution in [3.05, 3.63) is 86.6 Å². The first kappa shape index (κ1) is 22.3. The van der Waals surface area contributed by atoms with E-state index in [9.17, 15) is 14.4 Å². The molecule has 3 aromatic rings. The van der Waals surface area contributed by atoms with Crippen molar-refractivity contribution in [3.8, 4) is 5.75 Å². The van der Waals surface area contributed by atoms with Gasteiger partial charge >= 0.3 is 0 Å². The van der Waals surface area contributed by atoms with Gasteiger partial charge in [-0.3, -0.25) is 25.2 Å². The van der Waals surface area contributed by atoms with E-state index in [0.717, 1.165) is 10.4 Å². The molecule has 0 radical (unpaired) electrons. The first-order chi connectivity index (χ1) is 14.9. The molecule has 0 atom stereocenters. The third-order valence-electron chi connectivity index (χ3n) is 4.12. The van der Waals surface area contributed by atoms with Crippen LogP contribution in [0.25, 0.3) is 0 Å². The zero-order chi connectivity index (χ0) is 22.2. The molecule has 1 aromatic heterocycles. The summed E-state index contributed by atoms with van der Waals surface area (Å²) in [6.45, 7) is 1.98. The fraction of sp³-hybridized carbons (Fsp3) is 0.136. The van der Waals surface area contributed by atoms with Crippen LogP contribution in [0, 0.1) is 6.92 Å². The molecule has 0 fully saturated rings. The number of hydrogen-bond donors (Lipinski definition) is 3. The molecule has 3 rings (SSSR count). The first-order valence-corrected chi connectivity index (χ1v) is 10.5. The van der Waals surface area contributed by atoms with Gasteiger partial charge in [0, 0.05) is 15.5 Å². The van der Waals surface area contributed by atoms with Crippen LogP contribution < -0.4 is 20.9 Å². The molecule has 0 bridgehead atoms. The molecular weight excluding hydrogens is 438 g/mol. The second-order valence-corrected chi connectivity index (χ2v) is 8.26. The lowest BCUT2D eigenvalue weighted by molar-refractivity contribution is -0.120. The highest BCUT2D eigenvalue weighted by atomic mass is 35.5. The molecule has 0 aliphatic heterocycles. The molecule has 7 nitrogen and oxygen atoms in total. The molecule has 2 aromatic carbocycles. The molecule has 9 heteroatoms. The summed E-state index contributed by atoms with van der Waals surface area (Å²) in [4.78, 5) is 37.5. The van der Waals surface area contributed by atoms with E-state index < -0.39 is 11.8 Å². The summed E-state index contributed by atoms with van der Waals surface area (Å²) in [7, 11) is 0. The Morgan fingerprint density at radius 1 is 0.903 bits per heavy atom. The smallest absolute Gasteiger partial charge is 0.269 e. The maximum absolute atomic E-state index is 12.2. The maximum atomic E-state index is 12.2. The molecule has 0 saturated heterocycles. The van der Waals surface area contributed by atoms with E-state index in [4.69, 9.17) is 16.3 Å². The lowest BCUT2D eigenvalue weighted by Crippen LogP contribution is -2.46. The quantitative estimate of drug-likeness (QED) is 0.473. The molecule has 0 aliphatic carbocycles. The number of carbonyl (C=O) groups excluding carboxylic acids is 3. The van der Waals surface area contributed by atoms with Gasteiger partial charge in [0.15, 0.2) is 0 Å². The van der Waals surface area contributed by atoms with Crippen LogP contribution in [0.1, 0.15) is 30.5 Å². The van der Waals surface area contributed by atoms with Crippen molar-refractivity contribution in [1.29, 1.82) is 0 Å². The topological polar surface area (TPSA) is 96.5 Å². The van der Waals surface area contributed by atoms with Crippen molar-refractivity contribution in [2.45, 2.75) is 13.5 Å². The van der Waals surface area contributed by atoms with Gasteiger partial charge in [-0.05, 0) is 61.0 Å². The van der Waals surface area contributed by atoms with Crippen LogP contribution in [0.5, 0.6) is 5.75 Å². The van der Waals surface area contributed by atoms with Gasteiger partial charge in [-0.2, -0.15) is 0 Å². The fourth-order valence-corrected chi connectivity index (χ4v) is 3.41. The number of hydrogen-bond acceptors (Lipinski definition) is 5. The van der Waals surface area contributed by atoms with Crippen LogP contribution in [0.3, 0.4) is 0 Å². The number of benzene rings is 2. The molecule has 1 heterocycles. The van der Waals surface area contributed by atoms with Gasteiger partial charge < -0.3 is 10.1 Å². The second-order valence-electron chi connectivity index (χ2n) is 6.53. The highest BCUT2D eigenvalue weighted by molar-refractivity contribution is 7.13. The number of ether oxygens (including phenoxy) is 1. The van der Waals surface area contributed by atoms with E-state index in [1.54, 1.807) is 54.6 Å². The standard InChI is InChI=1S/C22H20ClN3O4S/c1-14-2-11-19(31-14)22(29)24-12-20(27)25-26-21(28)16-5-3-15(4-6-16)13-30-18-9-7-17(23)8-10-18/h2-11H,12-13H2,1H3,(H,24,29)(H,25,27)(H,26,28). The molecule has 160 valence electrons. The van der Waals surface area contributed by atoms with Gasteiger partial charge in [-0.1, -0.05) is 23.7 Å². The third-order valence-corrected chi connectivity index (χ3v) is 5.38. The van der Waals surface area contributed by atoms with E-state index in [1.807, 2.05) is 13.0 Å². The van der Waals surface area contributed by atoms with Crippen molar-refractivity contribution >= 4 is 40.7 Å². The van der Waals surface area contributed by atoms with Crippen LogP contribution >= 0.6 is 22.9 Å². The van der Waals surface area contributed by atoms with Crippen LogP contribution in [0.2, 0.25) is 5.02 Å². The van der Waals surface area contributed by atoms with Gasteiger partial charge in [-0.25, -0.2) is 0 Å². The number of rotatable bonds is 7. The Kier molecular flexibility index (Phi) is 7.64. The van der Waals surface area contributed by atoms with E-state index in [-0.39, 0.29) is 12.5 Å². The number of aryl methyl sites for hydroxylation is 1. The van der Waals surface area contributed by atoms with Crippen molar-refractivity contribution in [3.63, 3.8) is 0 Å². The summed E-state index contributed by atoms with van der Waals surface area (Å²) in [5.41, 5.74) is 5.84. The summed E-state index contributed by atoms with van der Waals surface area (Å²) >= 11 is 7.18. The minimum atomic E-state index is -0.539. The first-order valence-electron chi connectivity index (χ1n) is 9.32. The van der Waals surface area contributed by atoms with Gasteiger partial charge in [0.05, 0.1) is 11.4 Å². The molecule has 31 heavy (non-hydrogen) atoms. The number of halogens is 1.